The van der Waals surface area contributed by atoms with Gasteiger partial charge in [-0.1, -0.05) is 30.3 Å². The molecule has 2 aromatic heterocycles. The molecule has 0 aliphatic carbocycles. The Morgan fingerprint density at radius 2 is 1.72 bits per heavy atom. The van der Waals surface area contributed by atoms with Crippen molar-refractivity contribution in [1.29, 1.82) is 0 Å². The first-order valence-corrected chi connectivity index (χ1v) is 9.72. The number of aryl methyl sites for hydroxylation is 1. The number of para-hydroxylation sites is 2. The third kappa shape index (κ3) is 2.99. The molecule has 0 N–H and O–H groups in total. The van der Waals surface area contributed by atoms with E-state index in [1.54, 1.807) is 30.1 Å². The first kappa shape index (κ1) is 17.6. The molecular formula is C22H20N4O3. The van der Waals surface area contributed by atoms with Crippen LogP contribution >= 0.6 is 0 Å². The average Bonchev–Trinajstić information content (AvgIpc) is 3.20. The highest BCUT2D eigenvalue weighted by atomic mass is 16.3. The Kier molecular flexibility index (Phi) is 4.16. The summed E-state index contributed by atoms with van der Waals surface area (Å²) in [6, 6.07) is 14.9. The van der Waals surface area contributed by atoms with E-state index in [2.05, 4.69) is 10.1 Å². The second-order valence-corrected chi connectivity index (χ2v) is 7.41. The standard InChI is InChI=1S/C22H20N4O3/c1-25-21(27)16-7-3-2-6-15(16)19(24-25)22(28)26-12-10-14(11-13-26)20-23-17-8-4-5-9-18(17)29-20/h2-9,14H,10-13H2,1H3. The number of rotatable bonds is 2. The van der Waals surface area contributed by atoms with E-state index < -0.39 is 0 Å². The van der Waals surface area contributed by atoms with Gasteiger partial charge < -0.3 is 9.32 Å². The van der Waals surface area contributed by atoms with Crippen molar-refractivity contribution in [3.8, 4) is 0 Å². The molecule has 2 aromatic carbocycles. The molecule has 146 valence electrons. The van der Waals surface area contributed by atoms with Crippen molar-refractivity contribution in [2.75, 3.05) is 13.1 Å². The van der Waals surface area contributed by atoms with E-state index in [1.165, 1.54) is 4.68 Å². The summed E-state index contributed by atoms with van der Waals surface area (Å²) < 4.78 is 7.15. The lowest BCUT2D eigenvalue weighted by Crippen LogP contribution is -2.39. The average molecular weight is 388 g/mol. The van der Waals surface area contributed by atoms with E-state index in [0.29, 0.717) is 29.6 Å². The van der Waals surface area contributed by atoms with Crippen molar-refractivity contribution in [2.24, 2.45) is 7.05 Å². The van der Waals surface area contributed by atoms with Gasteiger partial charge in [0, 0.05) is 31.4 Å². The number of hydrogen-bond acceptors (Lipinski definition) is 5. The number of oxazole rings is 1. The lowest BCUT2D eigenvalue weighted by atomic mass is 9.96. The lowest BCUT2D eigenvalue weighted by Gasteiger charge is -2.30. The molecule has 5 rings (SSSR count). The van der Waals surface area contributed by atoms with Gasteiger partial charge in [-0.05, 0) is 31.0 Å². The molecule has 0 atom stereocenters. The van der Waals surface area contributed by atoms with Gasteiger partial charge >= 0.3 is 0 Å². The van der Waals surface area contributed by atoms with Crippen molar-refractivity contribution >= 4 is 27.8 Å². The first-order chi connectivity index (χ1) is 14.1. The summed E-state index contributed by atoms with van der Waals surface area (Å²) in [5.41, 5.74) is 1.78. The SMILES string of the molecule is Cn1nc(C(=O)N2CCC(c3nc4ccccc4o3)CC2)c2ccccc2c1=O. The number of likely N-dealkylation sites (tertiary alicyclic amines) is 1. The predicted molar refractivity (Wildman–Crippen MR) is 109 cm³/mol. The van der Waals surface area contributed by atoms with E-state index >= 15 is 0 Å². The molecule has 1 aliphatic rings. The highest BCUT2D eigenvalue weighted by molar-refractivity contribution is 6.04. The highest BCUT2D eigenvalue weighted by Crippen LogP contribution is 2.30. The van der Waals surface area contributed by atoms with Gasteiger partial charge in [0.2, 0.25) is 0 Å². The van der Waals surface area contributed by atoms with Gasteiger partial charge in [-0.2, -0.15) is 5.10 Å². The first-order valence-electron chi connectivity index (χ1n) is 9.72. The lowest BCUT2D eigenvalue weighted by molar-refractivity contribution is 0.0700. The molecule has 3 heterocycles. The van der Waals surface area contributed by atoms with Crippen LogP contribution in [0.15, 0.2) is 57.7 Å². The van der Waals surface area contributed by atoms with Crippen molar-refractivity contribution < 1.29 is 9.21 Å². The molecule has 0 unspecified atom stereocenters. The largest absolute Gasteiger partial charge is 0.440 e. The molecule has 0 radical (unpaired) electrons. The second-order valence-electron chi connectivity index (χ2n) is 7.41. The zero-order chi connectivity index (χ0) is 20.0. The summed E-state index contributed by atoms with van der Waals surface area (Å²) in [7, 11) is 1.57. The van der Waals surface area contributed by atoms with E-state index in [-0.39, 0.29) is 17.4 Å². The van der Waals surface area contributed by atoms with Crippen LogP contribution in [0, 0.1) is 0 Å². The Morgan fingerprint density at radius 1 is 1.03 bits per heavy atom. The normalized spacial score (nSPS) is 15.3. The van der Waals surface area contributed by atoms with Gasteiger partial charge in [-0.25, -0.2) is 9.67 Å². The number of carbonyl (C=O) groups is 1. The number of nitrogens with zero attached hydrogens (tertiary/aromatic N) is 4. The maximum atomic E-state index is 13.2. The van der Waals surface area contributed by atoms with Crippen LogP contribution in [0.4, 0.5) is 0 Å². The van der Waals surface area contributed by atoms with Gasteiger partial charge in [-0.3, -0.25) is 9.59 Å². The Labute approximate surface area is 166 Å². The molecule has 0 saturated carbocycles. The number of hydrogen-bond donors (Lipinski definition) is 0. The Balaban J connectivity index is 1.38. The monoisotopic (exact) mass is 388 g/mol. The number of aromatic nitrogens is 3. The van der Waals surface area contributed by atoms with Crippen LogP contribution in [-0.2, 0) is 7.05 Å². The smallest absolute Gasteiger partial charge is 0.274 e. The van der Waals surface area contributed by atoms with Crippen LogP contribution < -0.4 is 5.56 Å². The van der Waals surface area contributed by atoms with Crippen molar-refractivity contribution in [3.05, 3.63) is 70.5 Å². The van der Waals surface area contributed by atoms with Crippen molar-refractivity contribution in [3.63, 3.8) is 0 Å². The number of carbonyl (C=O) groups excluding carboxylic acids is 1. The zero-order valence-corrected chi connectivity index (χ0v) is 16.0. The minimum Gasteiger partial charge on any atom is -0.440 e. The molecule has 1 saturated heterocycles. The third-order valence-corrected chi connectivity index (χ3v) is 5.60. The molecule has 1 amide bonds. The van der Waals surface area contributed by atoms with E-state index in [4.69, 9.17) is 4.42 Å². The number of piperidine rings is 1. The maximum absolute atomic E-state index is 13.2. The molecule has 7 nitrogen and oxygen atoms in total. The fourth-order valence-electron chi connectivity index (χ4n) is 4.00. The summed E-state index contributed by atoms with van der Waals surface area (Å²) in [5, 5.41) is 5.37. The zero-order valence-electron chi connectivity index (χ0n) is 16.0. The molecule has 7 heteroatoms. The molecule has 0 bridgehead atoms. The van der Waals surface area contributed by atoms with Crippen LogP contribution in [0.5, 0.6) is 0 Å². The summed E-state index contributed by atoms with van der Waals surface area (Å²) in [4.78, 5) is 31.9. The molecule has 29 heavy (non-hydrogen) atoms. The van der Waals surface area contributed by atoms with Gasteiger partial charge in [0.15, 0.2) is 17.2 Å². The Hall–Kier alpha value is -3.48. The van der Waals surface area contributed by atoms with Gasteiger partial charge in [-0.15, -0.1) is 0 Å². The molecule has 1 aliphatic heterocycles. The minimum atomic E-state index is -0.202. The van der Waals surface area contributed by atoms with Crippen LogP contribution in [0.1, 0.15) is 35.1 Å². The molecule has 4 aromatic rings. The number of amides is 1. The van der Waals surface area contributed by atoms with E-state index in [1.807, 2.05) is 30.3 Å². The van der Waals surface area contributed by atoms with Crippen molar-refractivity contribution in [2.45, 2.75) is 18.8 Å². The van der Waals surface area contributed by atoms with Crippen LogP contribution in [0.3, 0.4) is 0 Å². The van der Waals surface area contributed by atoms with Gasteiger partial charge in [0.25, 0.3) is 11.5 Å². The summed E-state index contributed by atoms with van der Waals surface area (Å²) in [6.45, 7) is 1.20. The summed E-state index contributed by atoms with van der Waals surface area (Å²) in [6.07, 6.45) is 1.56. The summed E-state index contributed by atoms with van der Waals surface area (Å²) in [5.74, 6) is 0.785. The fraction of sp³-hybridized carbons (Fsp3) is 0.273. The van der Waals surface area contributed by atoms with Gasteiger partial charge in [0.1, 0.15) is 5.52 Å². The predicted octanol–water partition coefficient (Wildman–Crippen LogP) is 3.09. The molecule has 1 fully saturated rings. The Bertz CT molecular complexity index is 1250. The molecule has 0 spiro atoms. The van der Waals surface area contributed by atoms with E-state index in [9.17, 15) is 9.59 Å². The second kappa shape index (κ2) is 6.84. The third-order valence-electron chi connectivity index (χ3n) is 5.60. The van der Waals surface area contributed by atoms with Crippen LogP contribution in [-0.4, -0.2) is 38.7 Å². The fourth-order valence-corrected chi connectivity index (χ4v) is 4.00. The minimum absolute atomic E-state index is 0.146. The summed E-state index contributed by atoms with van der Waals surface area (Å²) >= 11 is 0. The highest BCUT2D eigenvalue weighted by Gasteiger charge is 2.29. The van der Waals surface area contributed by atoms with Crippen LogP contribution in [0.25, 0.3) is 21.9 Å². The number of benzene rings is 2. The topological polar surface area (TPSA) is 81.2 Å². The quantitative estimate of drug-likeness (QED) is 0.527. The van der Waals surface area contributed by atoms with Crippen molar-refractivity contribution in [1.82, 2.24) is 19.7 Å². The van der Waals surface area contributed by atoms with Crippen LogP contribution in [0.2, 0.25) is 0 Å². The van der Waals surface area contributed by atoms with E-state index in [0.717, 1.165) is 29.8 Å². The maximum Gasteiger partial charge on any atom is 0.274 e. The Morgan fingerprint density at radius 3 is 2.48 bits per heavy atom. The van der Waals surface area contributed by atoms with Gasteiger partial charge in [0.05, 0.1) is 5.39 Å². The number of fused-ring (bicyclic) bond motifs is 2. The molecular weight excluding hydrogens is 368 g/mol.